The molecule has 7 heteroatoms. The molecule has 0 bridgehead atoms. The molecule has 3 saturated carbocycles. The Labute approximate surface area is 160 Å². The Morgan fingerprint density at radius 1 is 1.26 bits per heavy atom. The van der Waals surface area contributed by atoms with Crippen molar-refractivity contribution in [2.75, 3.05) is 18.8 Å². The fourth-order valence-corrected chi connectivity index (χ4v) is 4.61. The molecule has 4 aliphatic rings. The van der Waals surface area contributed by atoms with Crippen LogP contribution in [0.2, 0.25) is 0 Å². The molecule has 0 spiro atoms. The van der Waals surface area contributed by atoms with Gasteiger partial charge in [0, 0.05) is 36.7 Å². The summed E-state index contributed by atoms with van der Waals surface area (Å²) >= 11 is 0. The van der Waals surface area contributed by atoms with Crippen molar-refractivity contribution >= 4 is 11.9 Å². The quantitative estimate of drug-likeness (QED) is 0.685. The summed E-state index contributed by atoms with van der Waals surface area (Å²) in [6, 6.07) is 2.44. The Balaban J connectivity index is 1.55. The molecule has 3 aliphatic carbocycles. The van der Waals surface area contributed by atoms with E-state index in [1.807, 2.05) is 6.07 Å². The van der Waals surface area contributed by atoms with Crippen LogP contribution in [0.1, 0.15) is 49.5 Å². The zero-order chi connectivity index (χ0) is 18.5. The molecule has 27 heavy (non-hydrogen) atoms. The van der Waals surface area contributed by atoms with E-state index in [4.69, 9.17) is 11.5 Å². The minimum Gasteiger partial charge on any atom is -0.368 e. The molecule has 5 rings (SSSR count). The fraction of sp³-hybridized carbons (Fsp3) is 0.700. The topological polar surface area (TPSA) is 110 Å². The van der Waals surface area contributed by atoms with Gasteiger partial charge >= 0.3 is 0 Å². The molecule has 5 N–H and O–H groups in total. The second-order valence-corrected chi connectivity index (χ2v) is 8.62. The third kappa shape index (κ3) is 3.43. The van der Waals surface area contributed by atoms with Crippen molar-refractivity contribution in [2.24, 2.45) is 23.5 Å². The lowest BCUT2D eigenvalue weighted by Crippen LogP contribution is -2.61. The third-order valence-corrected chi connectivity index (χ3v) is 6.40. The number of piperazine rings is 1. The molecule has 1 aliphatic heterocycles. The van der Waals surface area contributed by atoms with E-state index in [1.54, 1.807) is 0 Å². The molecular weight excluding hydrogens is 340 g/mol. The van der Waals surface area contributed by atoms with E-state index in [9.17, 15) is 4.79 Å². The van der Waals surface area contributed by atoms with Crippen LogP contribution in [0, 0.1) is 24.2 Å². The summed E-state index contributed by atoms with van der Waals surface area (Å²) in [4.78, 5) is 24.5. The average molecular weight is 369 g/mol. The number of nitrogens with two attached hydrogens (primary N) is 2. The number of nitrogens with one attached hydrogen (secondary N) is 1. The number of anilines is 1. The van der Waals surface area contributed by atoms with E-state index >= 15 is 0 Å². The zero-order valence-corrected chi connectivity index (χ0v) is 15.7. The monoisotopic (exact) mass is 369 g/mol. The Morgan fingerprint density at radius 2 is 2.04 bits per heavy atom. The van der Waals surface area contributed by atoms with Gasteiger partial charge in [0.15, 0.2) is 0 Å². The SMILES string of the molecule is NCCc1cc(C2C(C3[CH]C3)NCC(C3CC3)N2C(=O)C2CC2)nc(N)n1. The number of carbonyl (C=O) groups excluding carboxylic acids is 1. The Morgan fingerprint density at radius 3 is 2.67 bits per heavy atom. The second-order valence-electron chi connectivity index (χ2n) is 8.62. The van der Waals surface area contributed by atoms with Crippen molar-refractivity contribution < 1.29 is 4.79 Å². The van der Waals surface area contributed by atoms with E-state index in [1.165, 1.54) is 12.8 Å². The number of rotatable bonds is 6. The average Bonchev–Trinajstić information content (AvgIpc) is 3.49. The molecule has 4 fully saturated rings. The third-order valence-electron chi connectivity index (χ3n) is 6.40. The first-order chi connectivity index (χ1) is 13.2. The highest BCUT2D eigenvalue weighted by Crippen LogP contribution is 2.48. The summed E-state index contributed by atoms with van der Waals surface area (Å²) in [7, 11) is 0. The zero-order valence-electron chi connectivity index (χ0n) is 15.7. The van der Waals surface area contributed by atoms with Gasteiger partial charge < -0.3 is 21.7 Å². The highest BCUT2D eigenvalue weighted by atomic mass is 16.2. The van der Waals surface area contributed by atoms with Gasteiger partial charge in [0.05, 0.1) is 11.7 Å². The highest BCUT2D eigenvalue weighted by molar-refractivity contribution is 5.82. The van der Waals surface area contributed by atoms with Gasteiger partial charge in [-0.1, -0.05) is 0 Å². The molecular formula is C20H29N6O. The first kappa shape index (κ1) is 17.4. The maximum Gasteiger partial charge on any atom is 0.226 e. The van der Waals surface area contributed by atoms with Gasteiger partial charge in [-0.15, -0.1) is 0 Å². The lowest BCUT2D eigenvalue weighted by atomic mass is 9.90. The molecule has 0 aromatic carbocycles. The van der Waals surface area contributed by atoms with Crippen molar-refractivity contribution in [1.29, 1.82) is 0 Å². The van der Waals surface area contributed by atoms with Crippen molar-refractivity contribution in [3.8, 4) is 0 Å². The van der Waals surface area contributed by atoms with E-state index in [0.29, 0.717) is 30.7 Å². The van der Waals surface area contributed by atoms with Gasteiger partial charge in [-0.25, -0.2) is 9.97 Å². The van der Waals surface area contributed by atoms with Crippen LogP contribution in [0.3, 0.4) is 0 Å². The number of carbonyl (C=O) groups is 1. The van der Waals surface area contributed by atoms with E-state index < -0.39 is 0 Å². The van der Waals surface area contributed by atoms with Crippen LogP contribution in [0.5, 0.6) is 0 Å². The molecule has 4 atom stereocenters. The van der Waals surface area contributed by atoms with Crippen LogP contribution in [-0.4, -0.2) is 45.9 Å². The molecule has 2 heterocycles. The lowest BCUT2D eigenvalue weighted by Gasteiger charge is -2.47. The number of nitrogen functional groups attached to an aromatic ring is 1. The highest BCUT2D eigenvalue weighted by Gasteiger charge is 2.52. The standard InChI is InChI=1S/C20H29N6O/c21-8-7-14-9-15(25-20(22)24-14)18-17(12-3-4-12)23-10-16(11-1-2-11)26(18)19(27)13-5-6-13/h3,9,11-13,16-18,23H,1-2,4-8,10,21H2,(H2,22,24,25). The second kappa shape index (κ2) is 6.71. The molecule has 4 unspecified atom stereocenters. The van der Waals surface area contributed by atoms with Crippen LogP contribution in [0.15, 0.2) is 6.07 Å². The maximum absolute atomic E-state index is 13.4. The number of hydrogen-bond donors (Lipinski definition) is 3. The van der Waals surface area contributed by atoms with Gasteiger partial charge in [0.1, 0.15) is 0 Å². The molecule has 1 aromatic heterocycles. The molecule has 1 radical (unpaired) electrons. The summed E-state index contributed by atoms with van der Waals surface area (Å²) in [5.41, 5.74) is 13.5. The van der Waals surface area contributed by atoms with Crippen molar-refractivity contribution in [1.82, 2.24) is 20.2 Å². The number of aromatic nitrogens is 2. The lowest BCUT2D eigenvalue weighted by molar-refractivity contribution is -0.142. The molecule has 7 nitrogen and oxygen atoms in total. The van der Waals surface area contributed by atoms with E-state index in [-0.39, 0.29) is 30.0 Å². The summed E-state index contributed by atoms with van der Waals surface area (Å²) in [5.74, 6) is 1.93. The van der Waals surface area contributed by atoms with Crippen LogP contribution in [-0.2, 0) is 11.2 Å². The van der Waals surface area contributed by atoms with E-state index in [0.717, 1.165) is 37.2 Å². The molecule has 1 amide bonds. The number of hydrogen-bond acceptors (Lipinski definition) is 6. The van der Waals surface area contributed by atoms with Crippen LogP contribution in [0.25, 0.3) is 0 Å². The Kier molecular flexibility index (Phi) is 4.31. The van der Waals surface area contributed by atoms with Crippen LogP contribution in [0.4, 0.5) is 5.95 Å². The Hall–Kier alpha value is -1.73. The molecule has 145 valence electrons. The summed E-state index contributed by atoms with van der Waals surface area (Å²) in [6.45, 7) is 1.42. The van der Waals surface area contributed by atoms with Gasteiger partial charge in [-0.05, 0) is 63.0 Å². The molecule has 1 aromatic rings. The van der Waals surface area contributed by atoms with Gasteiger partial charge in [-0.2, -0.15) is 0 Å². The van der Waals surface area contributed by atoms with E-state index in [2.05, 4.69) is 26.6 Å². The minimum absolute atomic E-state index is 0.0666. The van der Waals surface area contributed by atoms with Crippen LogP contribution < -0.4 is 16.8 Å². The number of amides is 1. The fourth-order valence-electron chi connectivity index (χ4n) is 4.61. The minimum atomic E-state index is -0.0666. The summed E-state index contributed by atoms with van der Waals surface area (Å²) < 4.78 is 0. The molecule has 1 saturated heterocycles. The predicted octanol–water partition coefficient (Wildman–Crippen LogP) is 0.814. The normalized spacial score (nSPS) is 31.1. The summed E-state index contributed by atoms with van der Waals surface area (Å²) in [6.07, 6.45) is 8.59. The van der Waals surface area contributed by atoms with Crippen molar-refractivity contribution in [2.45, 2.75) is 56.7 Å². The maximum atomic E-state index is 13.4. The summed E-state index contributed by atoms with van der Waals surface area (Å²) in [5, 5.41) is 3.77. The van der Waals surface area contributed by atoms with Gasteiger partial charge in [-0.3, -0.25) is 4.79 Å². The first-order valence-corrected chi connectivity index (χ1v) is 10.4. The Bertz CT molecular complexity index is 727. The van der Waals surface area contributed by atoms with Crippen molar-refractivity contribution in [3.05, 3.63) is 23.9 Å². The largest absolute Gasteiger partial charge is 0.368 e. The van der Waals surface area contributed by atoms with Crippen molar-refractivity contribution in [3.63, 3.8) is 0 Å². The predicted molar refractivity (Wildman–Crippen MR) is 102 cm³/mol. The van der Waals surface area contributed by atoms with Crippen LogP contribution >= 0.6 is 0 Å². The first-order valence-electron chi connectivity index (χ1n) is 10.4. The smallest absolute Gasteiger partial charge is 0.226 e. The van der Waals surface area contributed by atoms with Gasteiger partial charge in [0.25, 0.3) is 0 Å². The van der Waals surface area contributed by atoms with Gasteiger partial charge in [0.2, 0.25) is 11.9 Å². The number of nitrogens with zero attached hydrogens (tertiary/aromatic N) is 3.